The molecule has 3 aromatic heterocycles. The van der Waals surface area contributed by atoms with E-state index in [9.17, 15) is 13.2 Å². The van der Waals surface area contributed by atoms with Gasteiger partial charge in [-0.25, -0.2) is 4.98 Å². The van der Waals surface area contributed by atoms with Gasteiger partial charge in [0, 0.05) is 22.5 Å². The molecule has 0 unspecified atom stereocenters. The van der Waals surface area contributed by atoms with Gasteiger partial charge in [-0.05, 0) is 30.3 Å². The summed E-state index contributed by atoms with van der Waals surface area (Å²) in [6.07, 6.45) is -1.35. The Balaban J connectivity index is 1.70. The maximum Gasteiger partial charge on any atom is 0.417 e. The van der Waals surface area contributed by atoms with E-state index >= 15 is 0 Å². The zero-order valence-electron chi connectivity index (χ0n) is 15.4. The fourth-order valence-corrected chi connectivity index (χ4v) is 3.46. The largest absolute Gasteiger partial charge is 0.417 e. The van der Waals surface area contributed by atoms with Crippen molar-refractivity contribution in [2.75, 3.05) is 5.32 Å². The van der Waals surface area contributed by atoms with Crippen molar-refractivity contribution in [3.8, 4) is 11.3 Å². The molecule has 5 rings (SSSR count). The monoisotopic (exact) mass is 405 g/mol. The van der Waals surface area contributed by atoms with Crippen molar-refractivity contribution in [2.45, 2.75) is 6.18 Å². The summed E-state index contributed by atoms with van der Waals surface area (Å²) in [6.45, 7) is 0. The second-order valence-corrected chi connectivity index (χ2v) is 6.73. The second kappa shape index (κ2) is 6.84. The molecule has 0 aliphatic heterocycles. The van der Waals surface area contributed by atoms with Crippen LogP contribution in [-0.4, -0.2) is 20.2 Å². The Labute approximate surface area is 168 Å². The minimum atomic E-state index is -4.49. The SMILES string of the molecule is FC(F)(F)c1ccccc1-c1cc(Nc2n[nH]c3ccccc23)c2ccncc2n1. The Kier molecular flexibility index (Phi) is 4.13. The summed E-state index contributed by atoms with van der Waals surface area (Å²) in [7, 11) is 0. The highest BCUT2D eigenvalue weighted by molar-refractivity contribution is 5.98. The van der Waals surface area contributed by atoms with Gasteiger partial charge in [0.15, 0.2) is 5.82 Å². The van der Waals surface area contributed by atoms with E-state index in [1.807, 2.05) is 24.3 Å². The van der Waals surface area contributed by atoms with Crippen molar-refractivity contribution in [1.82, 2.24) is 20.2 Å². The first-order valence-electron chi connectivity index (χ1n) is 9.12. The first-order chi connectivity index (χ1) is 14.5. The van der Waals surface area contributed by atoms with E-state index in [2.05, 4.69) is 25.5 Å². The molecule has 0 radical (unpaired) electrons. The summed E-state index contributed by atoms with van der Waals surface area (Å²) < 4.78 is 40.7. The molecule has 30 heavy (non-hydrogen) atoms. The van der Waals surface area contributed by atoms with E-state index < -0.39 is 11.7 Å². The Bertz CT molecular complexity index is 1370. The van der Waals surface area contributed by atoms with E-state index in [1.54, 1.807) is 24.4 Å². The predicted octanol–water partition coefficient (Wildman–Crippen LogP) is 5.94. The molecular formula is C22H14F3N5. The van der Waals surface area contributed by atoms with Gasteiger partial charge in [0.25, 0.3) is 0 Å². The lowest BCUT2D eigenvalue weighted by molar-refractivity contribution is -0.137. The number of aromatic amines is 1. The van der Waals surface area contributed by atoms with Gasteiger partial charge in [0.1, 0.15) is 0 Å². The Morgan fingerprint density at radius 3 is 2.57 bits per heavy atom. The van der Waals surface area contributed by atoms with Crippen LogP contribution >= 0.6 is 0 Å². The molecule has 0 saturated carbocycles. The third kappa shape index (κ3) is 3.12. The molecule has 148 valence electrons. The number of para-hydroxylation sites is 1. The van der Waals surface area contributed by atoms with Crippen molar-refractivity contribution in [2.24, 2.45) is 0 Å². The minimum Gasteiger partial charge on any atom is -0.338 e. The lowest BCUT2D eigenvalue weighted by Crippen LogP contribution is -2.07. The molecule has 0 fully saturated rings. The Morgan fingerprint density at radius 1 is 0.900 bits per heavy atom. The number of hydrogen-bond donors (Lipinski definition) is 2. The van der Waals surface area contributed by atoms with E-state index in [0.29, 0.717) is 17.0 Å². The normalized spacial score (nSPS) is 11.8. The van der Waals surface area contributed by atoms with E-state index in [1.165, 1.54) is 18.3 Å². The number of hydrogen-bond acceptors (Lipinski definition) is 4. The zero-order valence-corrected chi connectivity index (χ0v) is 15.4. The molecule has 5 aromatic rings. The number of rotatable bonds is 3. The van der Waals surface area contributed by atoms with Crippen LogP contribution in [0.25, 0.3) is 33.1 Å². The average Bonchev–Trinajstić information content (AvgIpc) is 3.16. The molecule has 0 bridgehead atoms. The van der Waals surface area contributed by atoms with Gasteiger partial charge >= 0.3 is 6.18 Å². The van der Waals surface area contributed by atoms with Gasteiger partial charge in [0.05, 0.1) is 34.2 Å². The zero-order chi connectivity index (χ0) is 20.7. The smallest absolute Gasteiger partial charge is 0.338 e. The molecule has 3 heterocycles. The number of alkyl halides is 3. The summed E-state index contributed by atoms with van der Waals surface area (Å²) in [4.78, 5) is 8.51. The summed E-state index contributed by atoms with van der Waals surface area (Å²) >= 11 is 0. The lowest BCUT2D eigenvalue weighted by Gasteiger charge is -2.15. The third-order valence-corrected chi connectivity index (χ3v) is 4.84. The first-order valence-corrected chi connectivity index (χ1v) is 9.12. The Hall–Kier alpha value is -3.94. The third-order valence-electron chi connectivity index (χ3n) is 4.84. The topological polar surface area (TPSA) is 66.5 Å². The van der Waals surface area contributed by atoms with Crippen LogP contribution in [0.1, 0.15) is 5.56 Å². The van der Waals surface area contributed by atoms with Crippen molar-refractivity contribution in [3.63, 3.8) is 0 Å². The summed E-state index contributed by atoms with van der Waals surface area (Å²) in [5.41, 5.74) is 1.39. The summed E-state index contributed by atoms with van der Waals surface area (Å²) in [5, 5.41) is 12.1. The van der Waals surface area contributed by atoms with E-state index in [-0.39, 0.29) is 11.3 Å². The molecule has 2 aromatic carbocycles. The number of anilines is 2. The first kappa shape index (κ1) is 18.1. The molecule has 0 atom stereocenters. The molecule has 5 nitrogen and oxygen atoms in total. The van der Waals surface area contributed by atoms with Crippen LogP contribution in [0.15, 0.2) is 73.1 Å². The molecule has 8 heteroatoms. The van der Waals surface area contributed by atoms with Crippen LogP contribution in [0, 0.1) is 0 Å². The van der Waals surface area contributed by atoms with Crippen LogP contribution in [0.4, 0.5) is 24.7 Å². The van der Waals surface area contributed by atoms with E-state index in [4.69, 9.17) is 0 Å². The lowest BCUT2D eigenvalue weighted by atomic mass is 10.0. The van der Waals surface area contributed by atoms with Crippen molar-refractivity contribution >= 4 is 33.3 Å². The fourth-order valence-electron chi connectivity index (χ4n) is 3.46. The van der Waals surface area contributed by atoms with Crippen LogP contribution in [0.5, 0.6) is 0 Å². The van der Waals surface area contributed by atoms with Crippen molar-refractivity contribution in [1.29, 1.82) is 0 Å². The molecule has 2 N–H and O–H groups in total. The number of halogens is 3. The highest BCUT2D eigenvalue weighted by Crippen LogP contribution is 2.38. The van der Waals surface area contributed by atoms with Gasteiger partial charge < -0.3 is 5.32 Å². The standard InChI is InChI=1S/C22H14F3N5/c23-22(24,25)16-7-3-1-5-13(16)18-11-19(14-9-10-26-12-20(14)27-18)28-21-15-6-2-4-8-17(15)29-30-21/h1-12H,(H2,27,28,29,30). The van der Waals surface area contributed by atoms with Gasteiger partial charge in [-0.3, -0.25) is 10.1 Å². The van der Waals surface area contributed by atoms with Crippen LogP contribution < -0.4 is 5.32 Å². The van der Waals surface area contributed by atoms with Gasteiger partial charge in [-0.1, -0.05) is 30.3 Å². The van der Waals surface area contributed by atoms with Gasteiger partial charge in [0.2, 0.25) is 0 Å². The fraction of sp³-hybridized carbons (Fsp3) is 0.0455. The maximum absolute atomic E-state index is 13.6. The maximum atomic E-state index is 13.6. The predicted molar refractivity (Wildman–Crippen MR) is 109 cm³/mol. The number of nitrogens with one attached hydrogen (secondary N) is 2. The number of benzene rings is 2. The summed E-state index contributed by atoms with van der Waals surface area (Å²) in [5.74, 6) is 0.574. The molecule has 0 saturated heterocycles. The summed E-state index contributed by atoms with van der Waals surface area (Å²) in [6, 6.07) is 16.4. The average molecular weight is 405 g/mol. The van der Waals surface area contributed by atoms with Crippen LogP contribution in [0.3, 0.4) is 0 Å². The molecule has 0 aliphatic carbocycles. The number of nitrogens with zero attached hydrogens (tertiary/aromatic N) is 3. The van der Waals surface area contributed by atoms with Crippen molar-refractivity contribution in [3.05, 3.63) is 78.6 Å². The van der Waals surface area contributed by atoms with Crippen LogP contribution in [0.2, 0.25) is 0 Å². The number of pyridine rings is 2. The quantitative estimate of drug-likeness (QED) is 0.390. The highest BCUT2D eigenvalue weighted by Gasteiger charge is 2.33. The molecular weight excluding hydrogens is 391 g/mol. The van der Waals surface area contributed by atoms with Crippen molar-refractivity contribution < 1.29 is 13.2 Å². The van der Waals surface area contributed by atoms with Gasteiger partial charge in [-0.2, -0.15) is 18.3 Å². The number of aromatic nitrogens is 4. The molecule has 0 aliphatic rings. The number of H-pyrrole nitrogens is 1. The van der Waals surface area contributed by atoms with Crippen LogP contribution in [-0.2, 0) is 6.18 Å². The number of fused-ring (bicyclic) bond motifs is 2. The minimum absolute atomic E-state index is 0.00527. The van der Waals surface area contributed by atoms with E-state index in [0.717, 1.165) is 22.4 Å². The highest BCUT2D eigenvalue weighted by atomic mass is 19.4. The second-order valence-electron chi connectivity index (χ2n) is 6.73. The molecule has 0 spiro atoms. The van der Waals surface area contributed by atoms with Gasteiger partial charge in [-0.15, -0.1) is 0 Å². The Morgan fingerprint density at radius 2 is 1.70 bits per heavy atom. The molecule has 0 amide bonds.